The van der Waals surface area contributed by atoms with Gasteiger partial charge in [-0.05, 0) is 41.6 Å². The Bertz CT molecular complexity index is 799. The van der Waals surface area contributed by atoms with E-state index in [1.54, 1.807) is 12.1 Å². The van der Waals surface area contributed by atoms with Gasteiger partial charge in [0.05, 0.1) is 10.6 Å². The molecule has 1 amide bonds. The van der Waals surface area contributed by atoms with Crippen LogP contribution in [0, 0.1) is 10.5 Å². The van der Waals surface area contributed by atoms with Gasteiger partial charge in [-0.15, -0.1) is 16.4 Å². The summed E-state index contributed by atoms with van der Waals surface area (Å²) in [7, 11) is 0. The Morgan fingerprint density at radius 2 is 2.14 bits per heavy atom. The van der Waals surface area contributed by atoms with Crippen molar-refractivity contribution in [2.45, 2.75) is 6.92 Å². The highest BCUT2D eigenvalue weighted by Crippen LogP contribution is 2.22. The summed E-state index contributed by atoms with van der Waals surface area (Å²) in [5.74, 6) is 0.00191. The molecule has 6 nitrogen and oxygen atoms in total. The second-order valence-corrected chi connectivity index (χ2v) is 6.32. The third-order valence-electron chi connectivity index (χ3n) is 2.60. The predicted octanol–water partition coefficient (Wildman–Crippen LogP) is 3.36. The first-order chi connectivity index (χ1) is 10.1. The lowest BCUT2D eigenvalue weighted by Gasteiger charge is -2.02. The van der Waals surface area contributed by atoms with E-state index in [1.165, 1.54) is 11.3 Å². The van der Waals surface area contributed by atoms with Crippen LogP contribution in [0.3, 0.4) is 0 Å². The third kappa shape index (κ3) is 3.10. The molecule has 0 bridgehead atoms. The number of anilines is 1. The van der Waals surface area contributed by atoms with Crippen LogP contribution in [-0.4, -0.2) is 21.1 Å². The number of hydrogen-bond acceptors (Lipinski definition) is 6. The number of thiazole rings is 1. The Balaban J connectivity index is 1.79. The average molecular weight is 412 g/mol. The zero-order valence-electron chi connectivity index (χ0n) is 10.8. The maximum atomic E-state index is 12.1. The van der Waals surface area contributed by atoms with Crippen molar-refractivity contribution >= 4 is 45.8 Å². The Morgan fingerprint density at radius 3 is 2.86 bits per heavy atom. The Labute approximate surface area is 137 Å². The topological polar surface area (TPSA) is 80.9 Å². The number of aryl methyl sites for hydroxylation is 1. The van der Waals surface area contributed by atoms with Crippen molar-refractivity contribution in [3.05, 3.63) is 43.8 Å². The molecule has 0 atom stereocenters. The van der Waals surface area contributed by atoms with Gasteiger partial charge in [-0.3, -0.25) is 10.1 Å². The SMILES string of the molecule is Cc1nc(-c2nnc(NC(=O)c3ccccc3I)o2)cs1. The smallest absolute Gasteiger partial charge is 0.322 e. The fraction of sp³-hybridized carbons (Fsp3) is 0.0769. The second-order valence-electron chi connectivity index (χ2n) is 4.10. The van der Waals surface area contributed by atoms with E-state index < -0.39 is 0 Å². The van der Waals surface area contributed by atoms with Crippen LogP contribution in [0.4, 0.5) is 6.01 Å². The first kappa shape index (κ1) is 14.1. The summed E-state index contributed by atoms with van der Waals surface area (Å²) in [5, 5.41) is 13.0. The van der Waals surface area contributed by atoms with Gasteiger partial charge in [0.15, 0.2) is 0 Å². The molecule has 0 radical (unpaired) electrons. The Hall–Kier alpha value is -1.81. The second kappa shape index (κ2) is 5.90. The molecule has 3 rings (SSSR count). The van der Waals surface area contributed by atoms with Gasteiger partial charge in [-0.25, -0.2) is 4.98 Å². The molecule has 0 saturated carbocycles. The minimum Gasteiger partial charge on any atom is -0.401 e. The molecular weight excluding hydrogens is 403 g/mol. The molecule has 1 N–H and O–H groups in total. The van der Waals surface area contributed by atoms with Crippen molar-refractivity contribution in [1.82, 2.24) is 15.2 Å². The highest BCUT2D eigenvalue weighted by atomic mass is 127. The van der Waals surface area contributed by atoms with Crippen molar-refractivity contribution in [2.24, 2.45) is 0 Å². The highest BCUT2D eigenvalue weighted by Gasteiger charge is 2.15. The maximum absolute atomic E-state index is 12.1. The van der Waals surface area contributed by atoms with Gasteiger partial charge in [0, 0.05) is 8.95 Å². The van der Waals surface area contributed by atoms with E-state index in [2.05, 4.69) is 43.1 Å². The molecule has 21 heavy (non-hydrogen) atoms. The van der Waals surface area contributed by atoms with E-state index in [1.807, 2.05) is 24.4 Å². The van der Waals surface area contributed by atoms with Crippen LogP contribution in [0.25, 0.3) is 11.6 Å². The number of carbonyl (C=O) groups excluding carboxylic acids is 1. The molecule has 2 heterocycles. The zero-order chi connectivity index (χ0) is 14.8. The molecule has 0 spiro atoms. The zero-order valence-corrected chi connectivity index (χ0v) is 13.8. The van der Waals surface area contributed by atoms with E-state index in [-0.39, 0.29) is 17.8 Å². The highest BCUT2D eigenvalue weighted by molar-refractivity contribution is 14.1. The van der Waals surface area contributed by atoms with Crippen LogP contribution in [0.2, 0.25) is 0 Å². The van der Waals surface area contributed by atoms with Crippen LogP contribution >= 0.6 is 33.9 Å². The quantitative estimate of drug-likeness (QED) is 0.668. The van der Waals surface area contributed by atoms with E-state index in [4.69, 9.17) is 4.42 Å². The first-order valence-corrected chi connectivity index (χ1v) is 7.91. The van der Waals surface area contributed by atoms with Crippen molar-refractivity contribution in [3.8, 4) is 11.6 Å². The first-order valence-electron chi connectivity index (χ1n) is 5.95. The normalized spacial score (nSPS) is 10.6. The molecule has 0 fully saturated rings. The van der Waals surface area contributed by atoms with Crippen molar-refractivity contribution in [2.75, 3.05) is 5.32 Å². The summed E-state index contributed by atoms with van der Waals surface area (Å²) in [4.78, 5) is 16.4. The largest absolute Gasteiger partial charge is 0.401 e. The number of rotatable bonds is 3. The van der Waals surface area contributed by atoms with Gasteiger partial charge in [-0.2, -0.15) is 0 Å². The molecule has 0 saturated heterocycles. The molecule has 3 aromatic rings. The summed E-state index contributed by atoms with van der Waals surface area (Å²) < 4.78 is 6.25. The lowest BCUT2D eigenvalue weighted by molar-refractivity contribution is 0.102. The van der Waals surface area contributed by atoms with Crippen LogP contribution < -0.4 is 5.32 Å². The predicted molar refractivity (Wildman–Crippen MR) is 87.3 cm³/mol. The lowest BCUT2D eigenvalue weighted by Crippen LogP contribution is -2.13. The molecule has 0 aliphatic rings. The number of aromatic nitrogens is 3. The summed E-state index contributed by atoms with van der Waals surface area (Å²) >= 11 is 3.59. The molecule has 8 heteroatoms. The standard InChI is InChI=1S/C13H9IN4O2S/c1-7-15-10(6-21-7)12-17-18-13(20-12)16-11(19)8-4-2-3-5-9(8)14/h2-6H,1H3,(H,16,18,19). The number of halogens is 1. The van der Waals surface area contributed by atoms with Gasteiger partial charge in [0.2, 0.25) is 0 Å². The summed E-state index contributed by atoms with van der Waals surface area (Å²) in [6.07, 6.45) is 0. The van der Waals surface area contributed by atoms with E-state index in [0.29, 0.717) is 11.3 Å². The Kier molecular flexibility index (Phi) is 3.97. The Morgan fingerprint density at radius 1 is 1.33 bits per heavy atom. The molecule has 2 aromatic heterocycles. The molecule has 0 aliphatic heterocycles. The van der Waals surface area contributed by atoms with Crippen LogP contribution in [0.15, 0.2) is 34.1 Å². The summed E-state index contributed by atoms with van der Waals surface area (Å²) in [6, 6.07) is 7.31. The van der Waals surface area contributed by atoms with Gasteiger partial charge in [0.25, 0.3) is 11.8 Å². The molecule has 106 valence electrons. The van der Waals surface area contributed by atoms with Crippen molar-refractivity contribution in [3.63, 3.8) is 0 Å². The molecule has 0 aliphatic carbocycles. The van der Waals surface area contributed by atoms with Gasteiger partial charge >= 0.3 is 6.01 Å². The lowest BCUT2D eigenvalue weighted by atomic mass is 10.2. The number of nitrogens with zero attached hydrogens (tertiary/aromatic N) is 3. The third-order valence-corrected chi connectivity index (χ3v) is 4.32. The average Bonchev–Trinajstić information content (AvgIpc) is 3.08. The molecular formula is C13H9IN4O2S. The maximum Gasteiger partial charge on any atom is 0.322 e. The van der Waals surface area contributed by atoms with Crippen LogP contribution in [0.5, 0.6) is 0 Å². The van der Waals surface area contributed by atoms with Gasteiger partial charge in [0.1, 0.15) is 5.69 Å². The minimum absolute atomic E-state index is 0.0558. The van der Waals surface area contributed by atoms with Crippen molar-refractivity contribution in [1.29, 1.82) is 0 Å². The molecule has 0 unspecified atom stereocenters. The monoisotopic (exact) mass is 412 g/mol. The van der Waals surface area contributed by atoms with Crippen molar-refractivity contribution < 1.29 is 9.21 Å². The van der Waals surface area contributed by atoms with E-state index in [0.717, 1.165) is 8.58 Å². The van der Waals surface area contributed by atoms with Gasteiger partial charge in [-0.1, -0.05) is 17.2 Å². The fourth-order valence-corrected chi connectivity index (χ4v) is 2.87. The minimum atomic E-state index is -0.287. The number of benzene rings is 1. The van der Waals surface area contributed by atoms with E-state index in [9.17, 15) is 4.79 Å². The van der Waals surface area contributed by atoms with Crippen LogP contribution in [0.1, 0.15) is 15.4 Å². The van der Waals surface area contributed by atoms with E-state index >= 15 is 0 Å². The van der Waals surface area contributed by atoms with Gasteiger partial charge < -0.3 is 4.42 Å². The fourth-order valence-electron chi connectivity index (χ4n) is 1.65. The number of amides is 1. The summed E-state index contributed by atoms with van der Waals surface area (Å²) in [5.41, 5.74) is 1.17. The summed E-state index contributed by atoms with van der Waals surface area (Å²) in [6.45, 7) is 1.89. The number of nitrogens with one attached hydrogen (secondary N) is 1. The molecule has 1 aromatic carbocycles. The number of carbonyl (C=O) groups is 1. The van der Waals surface area contributed by atoms with Crippen LogP contribution in [-0.2, 0) is 0 Å². The number of hydrogen-bond donors (Lipinski definition) is 1.